The molecule has 0 amide bonds. The molecule has 2 heterocycles. The fourth-order valence-electron chi connectivity index (χ4n) is 3.62. The van der Waals surface area contributed by atoms with Gasteiger partial charge >= 0.3 is 12.4 Å². The molecule has 0 aliphatic heterocycles. The van der Waals surface area contributed by atoms with E-state index in [1.807, 2.05) is 31.2 Å². The summed E-state index contributed by atoms with van der Waals surface area (Å²) in [7, 11) is 0. The van der Waals surface area contributed by atoms with Gasteiger partial charge in [-0.15, -0.1) is 0 Å². The lowest BCUT2D eigenvalue weighted by molar-refractivity contribution is -0.191. The molecular weight excluding hydrogens is 462 g/mol. The first-order chi connectivity index (χ1) is 16.0. The molecule has 0 radical (unpaired) electrons. The van der Waals surface area contributed by atoms with Crippen molar-refractivity contribution in [3.05, 3.63) is 60.0 Å². The first kappa shape index (κ1) is 23.7. The van der Waals surface area contributed by atoms with Gasteiger partial charge in [-0.3, -0.25) is 0 Å². The minimum atomic E-state index is -4.95. The summed E-state index contributed by atoms with van der Waals surface area (Å²) < 4.78 is 90.0. The third-order valence-electron chi connectivity index (χ3n) is 5.32. The van der Waals surface area contributed by atoms with Crippen LogP contribution in [0.3, 0.4) is 0 Å². The lowest BCUT2D eigenvalue weighted by Crippen LogP contribution is -2.31. The van der Waals surface area contributed by atoms with Gasteiger partial charge in [-0.2, -0.15) is 26.3 Å². The summed E-state index contributed by atoms with van der Waals surface area (Å²) in [6, 6.07) is 10.2. The molecule has 180 valence electrons. The molecule has 2 aromatic carbocycles. The highest BCUT2D eigenvalue weighted by Gasteiger charge is 2.41. The Morgan fingerprint density at radius 3 is 2.50 bits per heavy atom. The molecule has 10 heteroatoms. The van der Waals surface area contributed by atoms with Crippen LogP contribution in [0.4, 0.5) is 26.3 Å². The number of aromatic nitrogens is 2. The predicted octanol–water partition coefficient (Wildman–Crippen LogP) is 7.79. The molecule has 4 aromatic rings. The number of aryl methyl sites for hydroxylation is 1. The lowest BCUT2D eigenvalue weighted by atomic mass is 10.0. The van der Waals surface area contributed by atoms with Crippen LogP contribution in [0.1, 0.15) is 31.6 Å². The second kappa shape index (κ2) is 8.73. The molecule has 1 N–H and O–H groups in total. The number of ether oxygens (including phenoxy) is 1. The maximum atomic E-state index is 13.7. The Hall–Kier alpha value is -3.43. The van der Waals surface area contributed by atoms with Crippen molar-refractivity contribution < 1.29 is 35.5 Å². The summed E-state index contributed by atoms with van der Waals surface area (Å²) in [5.41, 5.74) is 0.757. The summed E-state index contributed by atoms with van der Waals surface area (Å²) in [6.45, 7) is 2.58. The highest BCUT2D eigenvalue weighted by atomic mass is 19.4. The van der Waals surface area contributed by atoms with Crippen molar-refractivity contribution in [3.8, 4) is 28.5 Å². The van der Waals surface area contributed by atoms with Crippen LogP contribution < -0.4 is 4.74 Å². The van der Waals surface area contributed by atoms with Crippen molar-refractivity contribution in [2.75, 3.05) is 0 Å². The minimum absolute atomic E-state index is 0.0239. The Labute approximate surface area is 190 Å². The molecule has 34 heavy (non-hydrogen) atoms. The van der Waals surface area contributed by atoms with Crippen molar-refractivity contribution in [2.24, 2.45) is 0 Å². The lowest BCUT2D eigenvalue weighted by Gasteiger charge is -2.21. The number of hydrogen-bond acceptors (Lipinski definition) is 3. The number of H-pyrrole nitrogens is 1. The van der Waals surface area contributed by atoms with Crippen LogP contribution >= 0.6 is 0 Å². The molecule has 0 aliphatic carbocycles. The van der Waals surface area contributed by atoms with Crippen LogP contribution in [0.5, 0.6) is 5.75 Å². The normalized spacial score (nSPS) is 13.4. The van der Waals surface area contributed by atoms with Crippen LogP contribution in [-0.2, 0) is 12.6 Å². The van der Waals surface area contributed by atoms with E-state index in [1.165, 1.54) is 6.07 Å². The first-order valence-electron chi connectivity index (χ1n) is 10.5. The summed E-state index contributed by atoms with van der Waals surface area (Å²) >= 11 is 0. The van der Waals surface area contributed by atoms with Gasteiger partial charge in [0.05, 0.1) is 5.56 Å². The number of aromatic amines is 1. The van der Waals surface area contributed by atoms with Crippen LogP contribution in [0.25, 0.3) is 33.6 Å². The molecule has 0 saturated carbocycles. The Morgan fingerprint density at radius 1 is 1.06 bits per heavy atom. The minimum Gasteiger partial charge on any atom is -0.481 e. The van der Waals surface area contributed by atoms with E-state index >= 15 is 0 Å². The van der Waals surface area contributed by atoms with Gasteiger partial charge in [0.15, 0.2) is 6.10 Å². The van der Waals surface area contributed by atoms with E-state index < -0.39 is 29.8 Å². The fourth-order valence-corrected chi connectivity index (χ4v) is 3.62. The molecule has 0 spiro atoms. The average Bonchev–Trinajstić information content (AvgIpc) is 3.40. The smallest absolute Gasteiger partial charge is 0.425 e. The second-order valence-electron chi connectivity index (χ2n) is 7.80. The van der Waals surface area contributed by atoms with E-state index in [0.29, 0.717) is 37.3 Å². The van der Waals surface area contributed by atoms with Crippen molar-refractivity contribution in [1.82, 2.24) is 9.97 Å². The number of oxazole rings is 1. The number of hydrogen-bond donors (Lipinski definition) is 1. The summed E-state index contributed by atoms with van der Waals surface area (Å²) in [5.74, 6) is -0.476. The van der Waals surface area contributed by atoms with E-state index in [0.717, 1.165) is 22.5 Å². The second-order valence-corrected chi connectivity index (χ2v) is 7.80. The summed E-state index contributed by atoms with van der Waals surface area (Å²) in [6.07, 6.45) is -9.20. The molecule has 0 saturated heterocycles. The van der Waals surface area contributed by atoms with Gasteiger partial charge in [0, 0.05) is 34.6 Å². The zero-order valence-corrected chi connectivity index (χ0v) is 18.1. The fraction of sp³-hybridized carbons (Fsp3) is 0.292. The molecule has 0 aliphatic rings. The van der Waals surface area contributed by atoms with Crippen molar-refractivity contribution in [2.45, 2.75) is 45.1 Å². The Kier molecular flexibility index (Phi) is 6.09. The zero-order chi connectivity index (χ0) is 24.7. The van der Waals surface area contributed by atoms with Gasteiger partial charge in [-0.05, 0) is 43.7 Å². The van der Waals surface area contributed by atoms with E-state index in [4.69, 9.17) is 4.42 Å². The highest BCUT2D eigenvalue weighted by molar-refractivity contribution is 5.94. The van der Waals surface area contributed by atoms with E-state index in [9.17, 15) is 26.3 Å². The quantitative estimate of drug-likeness (QED) is 0.286. The Bertz CT molecular complexity index is 1300. The molecule has 1 unspecified atom stereocenters. The van der Waals surface area contributed by atoms with Gasteiger partial charge < -0.3 is 14.1 Å². The topological polar surface area (TPSA) is 51.1 Å². The number of alkyl halides is 6. The number of halogens is 6. The van der Waals surface area contributed by atoms with Crippen LogP contribution in [-0.4, -0.2) is 22.2 Å². The van der Waals surface area contributed by atoms with Crippen LogP contribution in [0, 0.1) is 0 Å². The molecule has 4 rings (SSSR count). The van der Waals surface area contributed by atoms with Crippen molar-refractivity contribution in [3.63, 3.8) is 0 Å². The average molecular weight is 482 g/mol. The third-order valence-corrected chi connectivity index (χ3v) is 5.32. The van der Waals surface area contributed by atoms with Crippen LogP contribution in [0.15, 0.2) is 53.1 Å². The van der Waals surface area contributed by atoms with Gasteiger partial charge in [0.2, 0.25) is 5.89 Å². The standard InChI is InChI=1S/C24H20F6N2O2/c1-3-5-20-21(16-6-4-7-18-15(16)10-11-31-18)32-22(34-20)14-8-9-19(17(12-14)24(28,29)30)33-13(2)23(25,26)27/h4,6-13,31H,3,5H2,1-2H3. The summed E-state index contributed by atoms with van der Waals surface area (Å²) in [5, 5.41) is 0.876. The zero-order valence-electron chi connectivity index (χ0n) is 18.1. The van der Waals surface area contributed by atoms with E-state index in [-0.39, 0.29) is 11.5 Å². The third kappa shape index (κ3) is 4.62. The van der Waals surface area contributed by atoms with Crippen molar-refractivity contribution in [1.29, 1.82) is 0 Å². The predicted molar refractivity (Wildman–Crippen MR) is 114 cm³/mol. The van der Waals surface area contributed by atoms with Crippen molar-refractivity contribution >= 4 is 10.9 Å². The number of nitrogens with one attached hydrogen (secondary N) is 1. The maximum absolute atomic E-state index is 13.7. The Morgan fingerprint density at radius 2 is 1.82 bits per heavy atom. The molecule has 1 atom stereocenters. The van der Waals surface area contributed by atoms with E-state index in [2.05, 4.69) is 14.7 Å². The monoisotopic (exact) mass is 482 g/mol. The summed E-state index contributed by atoms with van der Waals surface area (Å²) in [4.78, 5) is 7.58. The van der Waals surface area contributed by atoms with Gasteiger partial charge in [0.25, 0.3) is 0 Å². The van der Waals surface area contributed by atoms with Gasteiger partial charge in [-0.25, -0.2) is 4.98 Å². The molecule has 0 bridgehead atoms. The number of nitrogens with zero attached hydrogens (tertiary/aromatic N) is 1. The molecule has 4 nitrogen and oxygen atoms in total. The van der Waals surface area contributed by atoms with Gasteiger partial charge in [0.1, 0.15) is 17.2 Å². The number of benzene rings is 2. The first-order valence-corrected chi connectivity index (χ1v) is 10.5. The Balaban J connectivity index is 1.80. The SMILES string of the molecule is CCCc1oc(-c2ccc(OC(C)C(F)(F)F)c(C(F)(F)F)c2)nc1-c1cccc2[nH]ccc12. The molecule has 0 fully saturated rings. The van der Waals surface area contributed by atoms with Crippen LogP contribution in [0.2, 0.25) is 0 Å². The number of rotatable bonds is 6. The maximum Gasteiger partial charge on any atom is 0.425 e. The highest BCUT2D eigenvalue weighted by Crippen LogP contribution is 2.41. The van der Waals surface area contributed by atoms with E-state index in [1.54, 1.807) is 6.20 Å². The largest absolute Gasteiger partial charge is 0.481 e. The molecule has 2 aromatic heterocycles. The van der Waals surface area contributed by atoms with Gasteiger partial charge in [-0.1, -0.05) is 19.1 Å². The molecular formula is C24H20F6N2O2. The number of fused-ring (bicyclic) bond motifs is 1.